The van der Waals surface area contributed by atoms with E-state index >= 15 is 0 Å². The fraction of sp³-hybridized carbons (Fsp3) is 0.167. The molecule has 0 saturated heterocycles. The number of sulfonamides is 1. The van der Waals surface area contributed by atoms with Crippen molar-refractivity contribution in [3.05, 3.63) is 17.7 Å². The molecule has 6 heteroatoms. The zero-order valence-corrected chi connectivity index (χ0v) is 7.30. The molecule has 0 aliphatic rings. The summed E-state index contributed by atoms with van der Waals surface area (Å²) in [4.78, 5) is 3.57. The summed E-state index contributed by atoms with van der Waals surface area (Å²) in [5, 5.41) is 4.65. The van der Waals surface area contributed by atoms with Crippen molar-refractivity contribution in [2.24, 2.45) is 5.14 Å². The minimum Gasteiger partial charge on any atom is -0.384 e. The fourth-order valence-electron chi connectivity index (χ4n) is 0.807. The van der Waals surface area contributed by atoms with Crippen LogP contribution >= 0.6 is 0 Å². The Balaban J connectivity index is 3.37. The number of anilines is 1. The normalized spacial score (nSPS) is 11.5. The number of nitrogen functional groups attached to an aromatic ring is 1. The van der Waals surface area contributed by atoms with Crippen molar-refractivity contribution in [3.8, 4) is 0 Å². The van der Waals surface area contributed by atoms with E-state index in [1.807, 2.05) is 0 Å². The van der Waals surface area contributed by atoms with Crippen molar-refractivity contribution >= 4 is 15.8 Å². The van der Waals surface area contributed by atoms with E-state index in [1.165, 1.54) is 6.07 Å². The number of hydrogen-bond donors (Lipinski definition) is 2. The van der Waals surface area contributed by atoms with Crippen molar-refractivity contribution in [3.63, 3.8) is 0 Å². The molecule has 1 heterocycles. The van der Waals surface area contributed by atoms with E-state index in [1.54, 1.807) is 13.0 Å². The van der Waals surface area contributed by atoms with E-state index in [-0.39, 0.29) is 10.8 Å². The minimum absolute atomic E-state index is 0.152. The second-order valence-corrected chi connectivity index (χ2v) is 3.96. The Kier molecular flexibility index (Phi) is 2.03. The molecular weight excluding hydrogens is 178 g/mol. The van der Waals surface area contributed by atoms with Crippen molar-refractivity contribution < 1.29 is 8.42 Å². The molecule has 1 rings (SSSR count). The lowest BCUT2D eigenvalue weighted by atomic mass is 10.3. The molecule has 0 aromatic carbocycles. The first-order valence-electron chi connectivity index (χ1n) is 3.16. The van der Waals surface area contributed by atoms with Crippen LogP contribution in [0.15, 0.2) is 17.2 Å². The number of rotatable bonds is 1. The van der Waals surface area contributed by atoms with Gasteiger partial charge in [-0.2, -0.15) is 0 Å². The monoisotopic (exact) mass is 187 g/mol. The van der Waals surface area contributed by atoms with Crippen molar-refractivity contribution in [1.29, 1.82) is 0 Å². The third kappa shape index (κ3) is 1.93. The molecule has 0 aliphatic heterocycles. The summed E-state index contributed by atoms with van der Waals surface area (Å²) in [5.74, 6) is 0.152. The van der Waals surface area contributed by atoms with Gasteiger partial charge < -0.3 is 5.73 Å². The van der Waals surface area contributed by atoms with E-state index in [2.05, 4.69) is 4.98 Å². The summed E-state index contributed by atoms with van der Waals surface area (Å²) in [6, 6.07) is 2.93. The first-order valence-corrected chi connectivity index (χ1v) is 4.71. The van der Waals surface area contributed by atoms with Crippen molar-refractivity contribution in [2.45, 2.75) is 11.9 Å². The first-order chi connectivity index (χ1) is 5.39. The van der Waals surface area contributed by atoms with Gasteiger partial charge in [-0.15, -0.1) is 0 Å². The molecule has 12 heavy (non-hydrogen) atoms. The van der Waals surface area contributed by atoms with E-state index in [0.29, 0.717) is 5.56 Å². The zero-order valence-electron chi connectivity index (χ0n) is 6.48. The smallest absolute Gasteiger partial charge is 0.255 e. The zero-order chi connectivity index (χ0) is 9.35. The van der Waals surface area contributed by atoms with E-state index in [9.17, 15) is 8.42 Å². The quantitative estimate of drug-likeness (QED) is 0.626. The average molecular weight is 187 g/mol. The molecule has 4 N–H and O–H groups in total. The van der Waals surface area contributed by atoms with Gasteiger partial charge in [0.25, 0.3) is 10.0 Å². The summed E-state index contributed by atoms with van der Waals surface area (Å²) >= 11 is 0. The molecule has 0 bridgehead atoms. The fourth-order valence-corrected chi connectivity index (χ4v) is 1.39. The summed E-state index contributed by atoms with van der Waals surface area (Å²) in [7, 11) is -3.74. The lowest BCUT2D eigenvalue weighted by Gasteiger charge is -2.00. The van der Waals surface area contributed by atoms with Gasteiger partial charge in [-0.1, -0.05) is 0 Å². The highest BCUT2D eigenvalue weighted by atomic mass is 32.2. The summed E-state index contributed by atoms with van der Waals surface area (Å²) < 4.78 is 21.6. The van der Waals surface area contributed by atoms with Gasteiger partial charge >= 0.3 is 0 Å². The Morgan fingerprint density at radius 1 is 1.42 bits per heavy atom. The Bertz CT molecular complexity index is 379. The maximum Gasteiger partial charge on any atom is 0.255 e. The standard InChI is InChI=1S/C6H9N3O2S/c1-4-2-5(7)9-6(3-4)12(8,10)11/h2-3H,1H3,(H2,7,9)(H2,8,10,11). The molecular formula is C6H9N3O2S. The molecule has 0 amide bonds. The SMILES string of the molecule is Cc1cc(N)nc(S(N)(=O)=O)c1. The third-order valence-electron chi connectivity index (χ3n) is 1.26. The van der Waals surface area contributed by atoms with Crippen LogP contribution < -0.4 is 10.9 Å². The minimum atomic E-state index is -3.74. The maximum atomic E-state index is 10.8. The van der Waals surface area contributed by atoms with Crippen LogP contribution in [0.3, 0.4) is 0 Å². The molecule has 5 nitrogen and oxygen atoms in total. The van der Waals surface area contributed by atoms with Crippen molar-refractivity contribution in [1.82, 2.24) is 4.98 Å². The van der Waals surface area contributed by atoms with Crippen molar-refractivity contribution in [2.75, 3.05) is 5.73 Å². The first kappa shape index (κ1) is 8.95. The number of aromatic nitrogens is 1. The number of aryl methyl sites for hydroxylation is 1. The summed E-state index contributed by atoms with van der Waals surface area (Å²) in [5.41, 5.74) is 6.04. The molecule has 0 spiro atoms. The van der Waals surface area contributed by atoms with Gasteiger partial charge in [0.15, 0.2) is 5.03 Å². The van der Waals surface area contributed by atoms with Gasteiger partial charge in [0, 0.05) is 0 Å². The van der Waals surface area contributed by atoms with E-state index in [0.717, 1.165) is 0 Å². The lowest BCUT2D eigenvalue weighted by molar-refractivity contribution is 0.594. The van der Waals surface area contributed by atoms with Gasteiger partial charge in [0.1, 0.15) is 5.82 Å². The highest BCUT2D eigenvalue weighted by Crippen LogP contribution is 2.09. The number of primary sulfonamides is 1. The molecule has 0 saturated carbocycles. The molecule has 0 unspecified atom stereocenters. The van der Waals surface area contributed by atoms with Gasteiger partial charge in [-0.05, 0) is 24.6 Å². The molecule has 0 fully saturated rings. The lowest BCUT2D eigenvalue weighted by Crippen LogP contribution is -2.14. The summed E-state index contributed by atoms with van der Waals surface area (Å²) in [6.45, 7) is 1.72. The Labute approximate surface area is 70.5 Å². The Morgan fingerprint density at radius 2 is 2.00 bits per heavy atom. The molecule has 66 valence electrons. The number of nitrogens with two attached hydrogens (primary N) is 2. The third-order valence-corrected chi connectivity index (χ3v) is 2.05. The van der Waals surface area contributed by atoms with Crippen LogP contribution in [0, 0.1) is 6.92 Å². The molecule has 0 aliphatic carbocycles. The predicted molar refractivity (Wildman–Crippen MR) is 44.8 cm³/mol. The molecule has 0 radical (unpaired) electrons. The molecule has 0 atom stereocenters. The average Bonchev–Trinajstić information content (AvgIpc) is 1.82. The number of hydrogen-bond acceptors (Lipinski definition) is 4. The maximum absolute atomic E-state index is 10.8. The summed E-state index contributed by atoms with van der Waals surface area (Å²) in [6.07, 6.45) is 0. The largest absolute Gasteiger partial charge is 0.384 e. The number of pyridine rings is 1. The van der Waals surface area contributed by atoms with Crippen LogP contribution in [0.1, 0.15) is 5.56 Å². The van der Waals surface area contributed by atoms with Gasteiger partial charge in [0.2, 0.25) is 0 Å². The number of nitrogens with zero attached hydrogens (tertiary/aromatic N) is 1. The Morgan fingerprint density at radius 3 is 2.42 bits per heavy atom. The second-order valence-electron chi connectivity index (χ2n) is 2.45. The molecule has 1 aromatic heterocycles. The van der Waals surface area contributed by atoms with Crippen LogP contribution in [0.25, 0.3) is 0 Å². The second kappa shape index (κ2) is 2.72. The highest BCUT2D eigenvalue weighted by Gasteiger charge is 2.09. The van der Waals surface area contributed by atoms with Gasteiger partial charge in [-0.25, -0.2) is 18.5 Å². The predicted octanol–water partition coefficient (Wildman–Crippen LogP) is -0.380. The van der Waals surface area contributed by atoms with Crippen LogP contribution in [-0.4, -0.2) is 13.4 Å². The van der Waals surface area contributed by atoms with Crippen LogP contribution in [0.4, 0.5) is 5.82 Å². The highest BCUT2D eigenvalue weighted by molar-refractivity contribution is 7.89. The van der Waals surface area contributed by atoms with E-state index < -0.39 is 10.0 Å². The van der Waals surface area contributed by atoms with Gasteiger partial charge in [-0.3, -0.25) is 0 Å². The van der Waals surface area contributed by atoms with Crippen LogP contribution in [0.5, 0.6) is 0 Å². The Hall–Kier alpha value is -1.14. The van der Waals surface area contributed by atoms with Gasteiger partial charge in [0.05, 0.1) is 0 Å². The van der Waals surface area contributed by atoms with E-state index in [4.69, 9.17) is 10.9 Å². The van der Waals surface area contributed by atoms with Crippen LogP contribution in [0.2, 0.25) is 0 Å². The topological polar surface area (TPSA) is 99.1 Å². The van der Waals surface area contributed by atoms with Crippen LogP contribution in [-0.2, 0) is 10.0 Å². The molecule has 1 aromatic rings.